The van der Waals surface area contributed by atoms with Gasteiger partial charge in [0.05, 0.1) is 17.8 Å². The lowest BCUT2D eigenvalue weighted by Gasteiger charge is -2.36. The number of benzene rings is 1. The maximum atomic E-state index is 13.9. The molecule has 1 aliphatic carbocycles. The quantitative estimate of drug-likeness (QED) is 0.729. The largest absolute Gasteiger partial charge is 0.340 e. The van der Waals surface area contributed by atoms with Crippen LogP contribution in [0.3, 0.4) is 0 Å². The predicted octanol–water partition coefficient (Wildman–Crippen LogP) is 3.77. The average molecular weight is 466 g/mol. The third kappa shape index (κ3) is 5.00. The zero-order chi connectivity index (χ0) is 24.2. The van der Waals surface area contributed by atoms with Crippen molar-refractivity contribution in [2.75, 3.05) is 38.0 Å². The van der Waals surface area contributed by atoms with Crippen molar-refractivity contribution in [1.29, 1.82) is 5.26 Å². The fourth-order valence-corrected chi connectivity index (χ4v) is 5.11. The Bertz CT molecular complexity index is 1110. The highest BCUT2D eigenvalue weighted by molar-refractivity contribution is 5.93. The van der Waals surface area contributed by atoms with Gasteiger partial charge in [-0.15, -0.1) is 0 Å². The first-order chi connectivity index (χ1) is 16.4. The number of carbonyl (C=O) groups is 2. The van der Waals surface area contributed by atoms with Crippen LogP contribution in [-0.2, 0) is 9.59 Å². The molecule has 180 valence electrons. The van der Waals surface area contributed by atoms with Crippen LogP contribution in [-0.4, -0.2) is 58.9 Å². The van der Waals surface area contributed by atoms with Crippen molar-refractivity contribution in [3.63, 3.8) is 0 Å². The molecule has 1 saturated heterocycles. The van der Waals surface area contributed by atoms with Gasteiger partial charge in [0.15, 0.2) is 0 Å². The van der Waals surface area contributed by atoms with Gasteiger partial charge in [0, 0.05) is 37.8 Å². The Balaban J connectivity index is 1.41. The summed E-state index contributed by atoms with van der Waals surface area (Å²) in [5, 5.41) is 12.6. The molecular weight excluding hydrogens is 433 g/mol. The maximum absolute atomic E-state index is 13.9. The lowest BCUT2D eigenvalue weighted by Crippen LogP contribution is -2.52. The van der Waals surface area contributed by atoms with E-state index in [0.29, 0.717) is 43.2 Å². The Morgan fingerprint density at radius 2 is 1.82 bits per heavy atom. The number of carbonyl (C=O) groups excluding carboxylic acids is 2. The minimum atomic E-state index is -0.389. The molecule has 2 heterocycles. The molecule has 0 radical (unpaired) electrons. The van der Waals surface area contributed by atoms with Crippen LogP contribution in [0.2, 0.25) is 0 Å². The van der Waals surface area contributed by atoms with Gasteiger partial charge in [-0.1, -0.05) is 25.3 Å². The second-order valence-corrected chi connectivity index (χ2v) is 9.35. The highest BCUT2D eigenvalue weighted by Crippen LogP contribution is 2.30. The molecule has 0 atom stereocenters. The maximum Gasteiger partial charge on any atom is 0.239 e. The minimum absolute atomic E-state index is 0.162. The van der Waals surface area contributed by atoms with E-state index in [1.54, 1.807) is 16.7 Å². The van der Waals surface area contributed by atoms with Crippen LogP contribution in [0.4, 0.5) is 10.2 Å². The van der Waals surface area contributed by atoms with Gasteiger partial charge in [-0.2, -0.15) is 5.26 Å². The number of nitrogens with one attached hydrogen (secondary N) is 1. The van der Waals surface area contributed by atoms with Crippen LogP contribution in [0, 0.1) is 36.9 Å². The van der Waals surface area contributed by atoms with Gasteiger partial charge in [-0.25, -0.2) is 4.39 Å². The molecule has 1 aliphatic heterocycles. The first kappa shape index (κ1) is 24.0. The topological polar surface area (TPSA) is 81.4 Å². The highest BCUT2D eigenvalue weighted by atomic mass is 19.1. The van der Waals surface area contributed by atoms with Crippen molar-refractivity contribution in [2.45, 2.75) is 46.0 Å². The Morgan fingerprint density at radius 1 is 1.12 bits per heavy atom. The molecule has 1 aromatic carbocycles. The van der Waals surface area contributed by atoms with Gasteiger partial charge >= 0.3 is 0 Å². The van der Waals surface area contributed by atoms with Gasteiger partial charge in [-0.05, 0) is 50.5 Å². The number of piperazine rings is 1. The second kappa shape index (κ2) is 10.4. The molecule has 0 bridgehead atoms. The molecule has 0 spiro atoms. The summed E-state index contributed by atoms with van der Waals surface area (Å²) in [5.74, 6) is 0.161. The Morgan fingerprint density at radius 3 is 2.47 bits per heavy atom. The molecule has 2 amide bonds. The molecule has 2 aliphatic rings. The SMILES string of the molecule is Cc1c(C#N)c(NC(=O)CN2CCN(C(=O)C3CCCCC3)CC2)n(-c2cccc(F)c2)c1C. The van der Waals surface area contributed by atoms with Crippen molar-refractivity contribution in [1.82, 2.24) is 14.4 Å². The standard InChI is InChI=1S/C26H32FN5O2/c1-18-19(2)32(22-10-6-9-21(27)15-22)25(23(18)16-28)29-24(33)17-30-11-13-31(14-12-30)26(34)20-7-4-3-5-8-20/h6,9-10,15,20H,3-5,7-8,11-14,17H2,1-2H3,(H,29,33). The summed E-state index contributed by atoms with van der Waals surface area (Å²) >= 11 is 0. The minimum Gasteiger partial charge on any atom is -0.340 e. The number of nitrogens with zero attached hydrogens (tertiary/aromatic N) is 4. The molecule has 1 N–H and O–H groups in total. The van der Waals surface area contributed by atoms with Crippen molar-refractivity contribution >= 4 is 17.6 Å². The summed E-state index contributed by atoms with van der Waals surface area (Å²) in [6.45, 7) is 6.37. The summed E-state index contributed by atoms with van der Waals surface area (Å²) in [6.07, 6.45) is 5.48. The van der Waals surface area contributed by atoms with E-state index in [9.17, 15) is 19.2 Å². The first-order valence-electron chi connectivity index (χ1n) is 12.1. The molecule has 1 aromatic heterocycles. The number of nitriles is 1. The average Bonchev–Trinajstić information content (AvgIpc) is 3.08. The summed E-state index contributed by atoms with van der Waals surface area (Å²) < 4.78 is 15.6. The van der Waals surface area contributed by atoms with Crippen molar-refractivity contribution in [3.05, 3.63) is 46.9 Å². The van der Waals surface area contributed by atoms with Gasteiger partial charge in [0.25, 0.3) is 0 Å². The van der Waals surface area contributed by atoms with E-state index in [4.69, 9.17) is 0 Å². The van der Waals surface area contributed by atoms with E-state index >= 15 is 0 Å². The van der Waals surface area contributed by atoms with Crippen molar-refractivity contribution in [2.24, 2.45) is 5.92 Å². The zero-order valence-electron chi connectivity index (χ0n) is 19.9. The fourth-order valence-electron chi connectivity index (χ4n) is 5.11. The van der Waals surface area contributed by atoms with Crippen LogP contribution in [0.15, 0.2) is 24.3 Å². The van der Waals surface area contributed by atoms with E-state index in [0.717, 1.165) is 36.9 Å². The summed E-state index contributed by atoms with van der Waals surface area (Å²) in [4.78, 5) is 29.7. The number of hydrogen-bond donors (Lipinski definition) is 1. The van der Waals surface area contributed by atoms with E-state index in [2.05, 4.69) is 11.4 Å². The van der Waals surface area contributed by atoms with Gasteiger partial charge in [0.2, 0.25) is 11.8 Å². The zero-order valence-corrected chi connectivity index (χ0v) is 19.9. The molecule has 8 heteroatoms. The molecule has 1 saturated carbocycles. The number of rotatable bonds is 5. The second-order valence-electron chi connectivity index (χ2n) is 9.35. The third-order valence-corrected chi connectivity index (χ3v) is 7.16. The normalized spacial score (nSPS) is 17.4. The Kier molecular flexibility index (Phi) is 7.32. The van der Waals surface area contributed by atoms with E-state index in [-0.39, 0.29) is 30.1 Å². The van der Waals surface area contributed by atoms with Gasteiger partial charge in [-0.3, -0.25) is 19.1 Å². The van der Waals surface area contributed by atoms with E-state index in [1.807, 2.05) is 23.6 Å². The summed E-state index contributed by atoms with van der Waals surface area (Å²) in [7, 11) is 0. The Labute approximate surface area is 200 Å². The fraction of sp³-hybridized carbons (Fsp3) is 0.500. The third-order valence-electron chi connectivity index (χ3n) is 7.16. The van der Waals surface area contributed by atoms with Crippen molar-refractivity contribution < 1.29 is 14.0 Å². The van der Waals surface area contributed by atoms with Gasteiger partial charge in [0.1, 0.15) is 17.7 Å². The van der Waals surface area contributed by atoms with Crippen molar-refractivity contribution in [3.8, 4) is 11.8 Å². The van der Waals surface area contributed by atoms with Crippen LogP contribution >= 0.6 is 0 Å². The molecule has 7 nitrogen and oxygen atoms in total. The van der Waals surface area contributed by atoms with Crippen LogP contribution in [0.1, 0.15) is 48.9 Å². The number of halogens is 1. The molecule has 4 rings (SSSR count). The number of amides is 2. The smallest absolute Gasteiger partial charge is 0.239 e. The molecule has 2 fully saturated rings. The summed E-state index contributed by atoms with van der Waals surface area (Å²) in [6, 6.07) is 8.27. The van der Waals surface area contributed by atoms with Crippen LogP contribution in [0.5, 0.6) is 0 Å². The van der Waals surface area contributed by atoms with Crippen LogP contribution in [0.25, 0.3) is 5.69 Å². The number of anilines is 1. The molecule has 34 heavy (non-hydrogen) atoms. The Hall–Kier alpha value is -3.18. The van der Waals surface area contributed by atoms with E-state index < -0.39 is 0 Å². The van der Waals surface area contributed by atoms with Crippen LogP contribution < -0.4 is 5.32 Å². The lowest BCUT2D eigenvalue weighted by molar-refractivity contribution is -0.138. The highest BCUT2D eigenvalue weighted by Gasteiger charge is 2.29. The number of aromatic nitrogens is 1. The van der Waals surface area contributed by atoms with E-state index in [1.165, 1.54) is 18.6 Å². The molecular formula is C26H32FN5O2. The monoisotopic (exact) mass is 465 g/mol. The van der Waals surface area contributed by atoms with Gasteiger partial charge < -0.3 is 10.2 Å². The summed E-state index contributed by atoms with van der Waals surface area (Å²) in [5.41, 5.74) is 2.44. The lowest BCUT2D eigenvalue weighted by atomic mass is 9.88. The molecule has 2 aromatic rings. The molecule has 0 unspecified atom stereocenters. The first-order valence-corrected chi connectivity index (χ1v) is 12.1. The predicted molar refractivity (Wildman–Crippen MR) is 128 cm³/mol. The number of hydrogen-bond acceptors (Lipinski definition) is 4.